The van der Waals surface area contributed by atoms with Crippen molar-refractivity contribution in [2.24, 2.45) is 0 Å². The molecule has 0 aliphatic heterocycles. The van der Waals surface area contributed by atoms with Crippen LogP contribution in [-0.2, 0) is 16.6 Å². The number of nitro groups is 1. The molecule has 11 heteroatoms. The molecule has 1 heterocycles. The number of benzene rings is 2. The number of rotatable bonds is 8. The van der Waals surface area contributed by atoms with E-state index in [-0.39, 0.29) is 16.5 Å². The summed E-state index contributed by atoms with van der Waals surface area (Å²) in [6.45, 7) is 2.13. The smallest absolute Gasteiger partial charge is 0.354 e. The van der Waals surface area contributed by atoms with E-state index in [1.807, 2.05) is 37.3 Å². The van der Waals surface area contributed by atoms with Gasteiger partial charge in [0.1, 0.15) is 6.33 Å². The van der Waals surface area contributed by atoms with Crippen molar-refractivity contribution in [3.05, 3.63) is 82.2 Å². The summed E-state index contributed by atoms with van der Waals surface area (Å²) in [4.78, 5) is 20.7. The number of hydrogen-bond donors (Lipinski definition) is 3. The number of hydrogen-bond acceptors (Lipinski definition) is 8. The van der Waals surface area contributed by atoms with Crippen LogP contribution >= 0.6 is 0 Å². The lowest BCUT2D eigenvalue weighted by atomic mass is 10.2. The van der Waals surface area contributed by atoms with Gasteiger partial charge in [-0.25, -0.2) is 18.4 Å². The van der Waals surface area contributed by atoms with Crippen molar-refractivity contribution in [1.82, 2.24) is 14.8 Å². The number of hydrazine groups is 1. The molecule has 0 atom stereocenters. The van der Waals surface area contributed by atoms with Crippen molar-refractivity contribution >= 4 is 27.3 Å². The van der Waals surface area contributed by atoms with Crippen LogP contribution in [0.2, 0.25) is 0 Å². The van der Waals surface area contributed by atoms with E-state index in [0.717, 1.165) is 17.5 Å². The minimum Gasteiger partial charge on any atom is -0.360 e. The monoisotopic (exact) mass is 414 g/mol. The lowest BCUT2D eigenvalue weighted by Crippen LogP contribution is -2.30. The highest BCUT2D eigenvalue weighted by atomic mass is 32.2. The maximum Gasteiger partial charge on any atom is 0.354 e. The molecule has 3 aromatic rings. The van der Waals surface area contributed by atoms with Gasteiger partial charge in [0.05, 0.1) is 9.82 Å². The fourth-order valence-electron chi connectivity index (χ4n) is 2.45. The lowest BCUT2D eigenvalue weighted by Gasteiger charge is -2.11. The van der Waals surface area contributed by atoms with Gasteiger partial charge in [-0.2, -0.15) is 0 Å². The van der Waals surface area contributed by atoms with E-state index in [1.54, 1.807) is 12.1 Å². The lowest BCUT2D eigenvalue weighted by molar-refractivity contribution is -0.383. The average molecular weight is 414 g/mol. The molecule has 29 heavy (non-hydrogen) atoms. The largest absolute Gasteiger partial charge is 0.360 e. The van der Waals surface area contributed by atoms with Crippen molar-refractivity contribution in [2.45, 2.75) is 18.4 Å². The predicted molar refractivity (Wildman–Crippen MR) is 108 cm³/mol. The Morgan fingerprint density at radius 3 is 2.31 bits per heavy atom. The second-order valence-electron chi connectivity index (χ2n) is 6.06. The first kappa shape index (κ1) is 20.2. The number of anilines is 2. The van der Waals surface area contributed by atoms with Gasteiger partial charge in [0, 0.05) is 6.54 Å². The Morgan fingerprint density at radius 1 is 1.00 bits per heavy atom. The number of sulfonamides is 1. The second-order valence-corrected chi connectivity index (χ2v) is 7.74. The summed E-state index contributed by atoms with van der Waals surface area (Å²) in [7, 11) is -3.95. The maximum atomic E-state index is 12.4. The Labute approximate surface area is 167 Å². The molecule has 0 radical (unpaired) electrons. The van der Waals surface area contributed by atoms with Gasteiger partial charge in [-0.3, -0.25) is 15.5 Å². The van der Waals surface area contributed by atoms with E-state index in [1.165, 1.54) is 12.1 Å². The van der Waals surface area contributed by atoms with Crippen LogP contribution in [0, 0.1) is 17.0 Å². The molecule has 0 saturated heterocycles. The first-order valence-electron chi connectivity index (χ1n) is 8.48. The predicted octanol–water partition coefficient (Wildman–Crippen LogP) is 2.61. The average Bonchev–Trinajstić information content (AvgIpc) is 2.71. The van der Waals surface area contributed by atoms with Gasteiger partial charge < -0.3 is 5.32 Å². The zero-order valence-electron chi connectivity index (χ0n) is 15.4. The molecular weight excluding hydrogens is 396 g/mol. The summed E-state index contributed by atoms with van der Waals surface area (Å²) < 4.78 is 24.8. The van der Waals surface area contributed by atoms with E-state index >= 15 is 0 Å². The van der Waals surface area contributed by atoms with E-state index in [2.05, 4.69) is 25.5 Å². The molecule has 0 spiro atoms. The van der Waals surface area contributed by atoms with Crippen LogP contribution in [0.3, 0.4) is 0 Å². The molecule has 0 aliphatic rings. The molecule has 10 nitrogen and oxygen atoms in total. The van der Waals surface area contributed by atoms with E-state index in [0.29, 0.717) is 6.54 Å². The number of aromatic nitrogens is 2. The van der Waals surface area contributed by atoms with Crippen LogP contribution in [0.15, 0.2) is 65.8 Å². The van der Waals surface area contributed by atoms with E-state index in [4.69, 9.17) is 0 Å². The molecule has 150 valence electrons. The number of nitrogens with zero attached hydrogens (tertiary/aromatic N) is 3. The Balaban J connectivity index is 1.80. The molecule has 0 saturated carbocycles. The summed E-state index contributed by atoms with van der Waals surface area (Å²) >= 11 is 0. The fourth-order valence-corrected chi connectivity index (χ4v) is 3.29. The van der Waals surface area contributed by atoms with Crippen LogP contribution in [0.25, 0.3) is 0 Å². The van der Waals surface area contributed by atoms with Gasteiger partial charge in [0.25, 0.3) is 10.0 Å². The summed E-state index contributed by atoms with van der Waals surface area (Å²) in [6, 6.07) is 15.4. The van der Waals surface area contributed by atoms with Crippen molar-refractivity contribution in [2.75, 3.05) is 10.7 Å². The van der Waals surface area contributed by atoms with Gasteiger partial charge in [0.2, 0.25) is 11.6 Å². The topological polar surface area (TPSA) is 139 Å². The normalized spacial score (nSPS) is 11.1. The fraction of sp³-hybridized carbons (Fsp3) is 0.111. The number of aryl methyl sites for hydroxylation is 1. The SMILES string of the molecule is Cc1ccc(S(=O)(=O)NNc2ncnc(NCc3ccccc3)c2[N+](=O)[O-])cc1. The highest BCUT2D eigenvalue weighted by Crippen LogP contribution is 2.29. The molecule has 1 aromatic heterocycles. The highest BCUT2D eigenvalue weighted by molar-refractivity contribution is 7.89. The number of nitrogens with one attached hydrogen (secondary N) is 3. The Hall–Kier alpha value is -3.57. The van der Waals surface area contributed by atoms with Crippen molar-refractivity contribution in [1.29, 1.82) is 0 Å². The van der Waals surface area contributed by atoms with Gasteiger partial charge in [-0.1, -0.05) is 48.0 Å². The van der Waals surface area contributed by atoms with Crippen molar-refractivity contribution in [3.8, 4) is 0 Å². The van der Waals surface area contributed by atoms with Crippen LogP contribution in [0.1, 0.15) is 11.1 Å². The molecule has 0 unspecified atom stereocenters. The molecule has 0 fully saturated rings. The third-order valence-electron chi connectivity index (χ3n) is 3.94. The first-order valence-corrected chi connectivity index (χ1v) is 9.97. The Kier molecular flexibility index (Phi) is 6.00. The molecule has 3 N–H and O–H groups in total. The van der Waals surface area contributed by atoms with Crippen LogP contribution in [0.5, 0.6) is 0 Å². The molecular formula is C18H18N6O4S. The van der Waals surface area contributed by atoms with Crippen LogP contribution in [-0.4, -0.2) is 23.3 Å². The Bertz CT molecular complexity index is 1100. The molecule has 3 rings (SSSR count). The minimum atomic E-state index is -3.95. The first-order chi connectivity index (χ1) is 13.9. The molecule has 0 amide bonds. The molecule has 2 aromatic carbocycles. The Morgan fingerprint density at radius 2 is 1.66 bits per heavy atom. The summed E-state index contributed by atoms with van der Waals surface area (Å²) in [5.74, 6) is -0.317. The van der Waals surface area contributed by atoms with E-state index < -0.39 is 20.6 Å². The van der Waals surface area contributed by atoms with Gasteiger partial charge in [-0.05, 0) is 24.6 Å². The second kappa shape index (κ2) is 8.63. The summed E-state index contributed by atoms with van der Waals surface area (Å²) in [5, 5.41) is 14.4. The summed E-state index contributed by atoms with van der Waals surface area (Å²) in [6.07, 6.45) is 1.10. The van der Waals surface area contributed by atoms with Crippen LogP contribution in [0.4, 0.5) is 17.3 Å². The van der Waals surface area contributed by atoms with Crippen LogP contribution < -0.4 is 15.6 Å². The van der Waals surface area contributed by atoms with Gasteiger partial charge in [0.15, 0.2) is 0 Å². The maximum absolute atomic E-state index is 12.4. The molecule has 0 aliphatic carbocycles. The zero-order valence-corrected chi connectivity index (χ0v) is 16.2. The summed E-state index contributed by atoms with van der Waals surface area (Å²) in [5.41, 5.74) is 3.64. The van der Waals surface area contributed by atoms with Gasteiger partial charge in [-0.15, -0.1) is 4.83 Å². The standard InChI is InChI=1S/C18H18N6O4S/c1-13-7-9-15(10-8-13)29(27,28)23-22-18-16(24(25)26)17(20-12-21-18)19-11-14-5-3-2-4-6-14/h2-10,12,23H,11H2,1H3,(H2,19,20,21,22). The minimum absolute atomic E-state index is 0.00901. The third-order valence-corrected chi connectivity index (χ3v) is 5.21. The highest BCUT2D eigenvalue weighted by Gasteiger charge is 2.24. The third kappa shape index (κ3) is 5.03. The van der Waals surface area contributed by atoms with Crippen molar-refractivity contribution in [3.63, 3.8) is 0 Å². The van der Waals surface area contributed by atoms with Gasteiger partial charge >= 0.3 is 5.69 Å². The van der Waals surface area contributed by atoms with Crippen molar-refractivity contribution < 1.29 is 13.3 Å². The van der Waals surface area contributed by atoms with E-state index in [9.17, 15) is 18.5 Å². The quantitative estimate of drug-likeness (QED) is 0.377. The zero-order chi connectivity index (χ0) is 20.9. The molecule has 0 bridgehead atoms.